The highest BCUT2D eigenvalue weighted by atomic mass is 14.7. The molecule has 3 aromatic heterocycles. The average Bonchev–Trinajstić information content (AvgIpc) is 3.71. The van der Waals surface area contributed by atoms with Crippen LogP contribution in [0.3, 0.4) is 0 Å². The number of allylic oxidation sites excluding steroid dienone is 11. The van der Waals surface area contributed by atoms with Crippen LogP contribution in [0.1, 0.15) is 30.0 Å². The van der Waals surface area contributed by atoms with Crippen molar-refractivity contribution in [2.24, 2.45) is 0 Å². The zero-order valence-electron chi connectivity index (χ0n) is 41.1. The lowest BCUT2D eigenvalue weighted by Crippen LogP contribution is -1.93. The first-order valence-electron chi connectivity index (χ1n) is 25.3. The Labute approximate surface area is 433 Å². The van der Waals surface area contributed by atoms with E-state index in [0.29, 0.717) is 0 Å². The first-order chi connectivity index (χ1) is 36.6. The van der Waals surface area contributed by atoms with Crippen LogP contribution in [0.4, 0.5) is 0 Å². The molecule has 12 rings (SSSR count). The molecule has 0 saturated heterocycles. The second-order valence-corrected chi connectivity index (χ2v) is 18.6. The molecule has 3 heteroatoms. The number of hydrogen-bond acceptors (Lipinski definition) is 3. The molecule has 11 aromatic rings. The highest BCUT2D eigenvalue weighted by Gasteiger charge is 2.18. The zero-order valence-corrected chi connectivity index (χ0v) is 41.1. The van der Waals surface area contributed by atoms with Crippen molar-refractivity contribution in [2.75, 3.05) is 0 Å². The average molecular weight is 946 g/mol. The van der Waals surface area contributed by atoms with Crippen molar-refractivity contribution in [2.45, 2.75) is 13.3 Å². The van der Waals surface area contributed by atoms with Crippen LogP contribution in [0, 0.1) is 0 Å². The lowest BCUT2D eigenvalue weighted by Gasteiger charge is -2.15. The predicted octanol–water partition coefficient (Wildman–Crippen LogP) is 18.7. The monoisotopic (exact) mass is 945 g/mol. The van der Waals surface area contributed by atoms with E-state index in [4.69, 9.17) is 15.0 Å². The highest BCUT2D eigenvalue weighted by molar-refractivity contribution is 5.99. The Bertz CT molecular complexity index is 4060. The summed E-state index contributed by atoms with van der Waals surface area (Å²) in [6.07, 6.45) is 24.5. The van der Waals surface area contributed by atoms with Crippen LogP contribution in [-0.4, -0.2) is 15.0 Å². The quantitative estimate of drug-likeness (QED) is 0.121. The van der Waals surface area contributed by atoms with Gasteiger partial charge in [0.05, 0.1) is 17.1 Å². The molecule has 0 N–H and O–H groups in total. The lowest BCUT2D eigenvalue weighted by molar-refractivity contribution is 1.35. The van der Waals surface area contributed by atoms with Gasteiger partial charge in [-0.05, 0) is 121 Å². The van der Waals surface area contributed by atoms with E-state index in [2.05, 4.69) is 268 Å². The summed E-state index contributed by atoms with van der Waals surface area (Å²) in [5, 5.41) is 6.98. The van der Waals surface area contributed by atoms with Crippen molar-refractivity contribution in [3.05, 3.63) is 301 Å². The summed E-state index contributed by atoms with van der Waals surface area (Å²) in [7, 11) is 0. The minimum absolute atomic E-state index is 0.722. The number of nitrogens with zero attached hydrogens (tertiary/aromatic N) is 3. The lowest BCUT2D eigenvalue weighted by atomic mass is 9.89. The molecule has 0 bridgehead atoms. The van der Waals surface area contributed by atoms with Crippen LogP contribution in [-0.2, 0) is 0 Å². The van der Waals surface area contributed by atoms with Gasteiger partial charge in [0.2, 0.25) is 0 Å². The van der Waals surface area contributed by atoms with Gasteiger partial charge in [-0.1, -0.05) is 231 Å². The summed E-state index contributed by atoms with van der Waals surface area (Å²) in [6, 6.07) is 75.9. The smallest absolute Gasteiger partial charge is 0.0780 e. The number of rotatable bonds is 11. The van der Waals surface area contributed by atoms with Crippen LogP contribution < -0.4 is 0 Å². The van der Waals surface area contributed by atoms with Crippen molar-refractivity contribution >= 4 is 49.5 Å². The van der Waals surface area contributed by atoms with Crippen LogP contribution in [0.25, 0.3) is 106 Å². The molecule has 0 amide bonds. The Morgan fingerprint density at radius 3 is 1.31 bits per heavy atom. The fraction of sp³-hybridized carbons (Fsp3) is 0.0282. The summed E-state index contributed by atoms with van der Waals surface area (Å²) < 4.78 is 0. The normalized spacial score (nSPS) is 13.1. The molecule has 3 heterocycles. The van der Waals surface area contributed by atoms with Gasteiger partial charge in [-0.25, -0.2) is 0 Å². The zero-order chi connectivity index (χ0) is 49.6. The van der Waals surface area contributed by atoms with E-state index in [-0.39, 0.29) is 0 Å². The number of aromatic nitrogens is 3. The van der Waals surface area contributed by atoms with Crippen molar-refractivity contribution in [3.8, 4) is 56.0 Å². The largest absolute Gasteiger partial charge is 0.256 e. The molecule has 0 fully saturated rings. The van der Waals surface area contributed by atoms with Crippen molar-refractivity contribution in [1.82, 2.24) is 15.0 Å². The molecule has 3 nitrogen and oxygen atoms in total. The first kappa shape index (κ1) is 45.6. The molecule has 0 aliphatic heterocycles. The van der Waals surface area contributed by atoms with E-state index in [1.54, 1.807) is 0 Å². The van der Waals surface area contributed by atoms with Crippen LogP contribution in [0.5, 0.6) is 0 Å². The molecule has 74 heavy (non-hydrogen) atoms. The third-order valence-corrected chi connectivity index (χ3v) is 14.1. The standard InChI is InChI=1S/C71H51N3/c1-2-3-4-18-58(46-49-26-28-55(29-27-49)69-66-23-8-5-15-50(66)40-43-72-69)59-38-39-60(64-21-13-11-19-62(64)53-30-34-56(35-31-53)70-67-24-9-6-16-51(67)41-44-73-70)48-61(47-59)65-22-14-12-20-63(65)54-32-36-57(37-33-54)71-68-25-10-7-17-52(68)42-45-74-71/h2-38,40-48H,39H2,1H3/b3-2-,18-4-,58-46-. The highest BCUT2D eigenvalue weighted by Crippen LogP contribution is 2.41. The summed E-state index contributed by atoms with van der Waals surface area (Å²) in [6.45, 7) is 2.06. The SMILES string of the molecule is C\C=C/C=C\C(=C\c1ccc(-c2nccc3ccccc23)cc1)C1=CCC(c2ccccc2-c2ccc(-c3nccc4ccccc34)cc2)=CC(c2ccccc2-c2ccc(-c3nccc4ccccc34)cc2)=C1. The Morgan fingerprint density at radius 1 is 0.392 bits per heavy atom. The van der Waals surface area contributed by atoms with E-state index >= 15 is 0 Å². The number of fused-ring (bicyclic) bond motifs is 3. The molecule has 1 aliphatic rings. The molecule has 8 aromatic carbocycles. The van der Waals surface area contributed by atoms with Gasteiger partial charge in [-0.2, -0.15) is 0 Å². The Kier molecular flexibility index (Phi) is 12.7. The van der Waals surface area contributed by atoms with Gasteiger partial charge in [0.1, 0.15) is 0 Å². The van der Waals surface area contributed by atoms with Crippen molar-refractivity contribution < 1.29 is 0 Å². The maximum atomic E-state index is 4.84. The van der Waals surface area contributed by atoms with E-state index in [0.717, 1.165) is 101 Å². The summed E-state index contributed by atoms with van der Waals surface area (Å²) in [5.74, 6) is 0. The minimum Gasteiger partial charge on any atom is -0.256 e. The van der Waals surface area contributed by atoms with Crippen LogP contribution in [0.2, 0.25) is 0 Å². The second kappa shape index (κ2) is 20.6. The first-order valence-corrected chi connectivity index (χ1v) is 25.3. The van der Waals surface area contributed by atoms with E-state index < -0.39 is 0 Å². The number of hydrogen-bond donors (Lipinski definition) is 0. The molecule has 0 atom stereocenters. The van der Waals surface area contributed by atoms with Crippen LogP contribution in [0.15, 0.2) is 285 Å². The second-order valence-electron chi connectivity index (χ2n) is 18.6. The third kappa shape index (κ3) is 9.27. The maximum absolute atomic E-state index is 4.84. The Balaban J connectivity index is 0.965. The molecule has 1 aliphatic carbocycles. The minimum atomic E-state index is 0.722. The topological polar surface area (TPSA) is 38.7 Å². The number of benzene rings is 8. The van der Waals surface area contributed by atoms with E-state index in [1.165, 1.54) is 32.9 Å². The molecule has 0 spiro atoms. The summed E-state index contributed by atoms with van der Waals surface area (Å²) in [4.78, 5) is 14.5. The molecule has 350 valence electrons. The van der Waals surface area contributed by atoms with Gasteiger partial charge >= 0.3 is 0 Å². The van der Waals surface area contributed by atoms with Crippen molar-refractivity contribution in [1.29, 1.82) is 0 Å². The molecular formula is C71H51N3. The van der Waals surface area contributed by atoms with E-state index in [1.807, 2.05) is 18.6 Å². The van der Waals surface area contributed by atoms with Gasteiger partial charge < -0.3 is 0 Å². The van der Waals surface area contributed by atoms with Gasteiger partial charge in [-0.3, -0.25) is 15.0 Å². The maximum Gasteiger partial charge on any atom is 0.0780 e. The third-order valence-electron chi connectivity index (χ3n) is 14.1. The molecule has 0 radical (unpaired) electrons. The predicted molar refractivity (Wildman–Crippen MR) is 313 cm³/mol. The summed E-state index contributed by atoms with van der Waals surface area (Å²) in [5.41, 5.74) is 19.0. The summed E-state index contributed by atoms with van der Waals surface area (Å²) >= 11 is 0. The fourth-order valence-electron chi connectivity index (χ4n) is 10.4. The van der Waals surface area contributed by atoms with Gasteiger partial charge in [0.15, 0.2) is 0 Å². The Hall–Kier alpha value is -9.57. The van der Waals surface area contributed by atoms with Crippen molar-refractivity contribution in [3.63, 3.8) is 0 Å². The molecular weight excluding hydrogens is 895 g/mol. The fourth-order valence-corrected chi connectivity index (χ4v) is 10.4. The number of pyridine rings is 3. The molecule has 0 unspecified atom stereocenters. The van der Waals surface area contributed by atoms with E-state index in [9.17, 15) is 0 Å². The molecule has 0 saturated carbocycles. The van der Waals surface area contributed by atoms with Crippen LogP contribution >= 0.6 is 0 Å². The van der Waals surface area contributed by atoms with Gasteiger partial charge in [0.25, 0.3) is 0 Å². The van der Waals surface area contributed by atoms with Gasteiger partial charge in [0, 0.05) is 51.4 Å². The Morgan fingerprint density at radius 2 is 0.811 bits per heavy atom. The van der Waals surface area contributed by atoms with Gasteiger partial charge in [-0.15, -0.1) is 0 Å².